The minimum atomic E-state index is 0.723. The van der Waals surface area contributed by atoms with Gasteiger partial charge in [-0.05, 0) is 54.8 Å². The average molecular weight is 331 g/mol. The first kappa shape index (κ1) is 15.0. The highest BCUT2D eigenvalue weighted by molar-refractivity contribution is 7.98. The maximum Gasteiger partial charge on any atom is 0.172 e. The van der Waals surface area contributed by atoms with Gasteiger partial charge in [0, 0.05) is 16.3 Å². The summed E-state index contributed by atoms with van der Waals surface area (Å²) in [7, 11) is 1.67. The molecule has 0 saturated heterocycles. The molecule has 3 aromatic rings. The number of aromatic nitrogens is 2. The fraction of sp³-hybridized carbons (Fsp3) is 0.118. The summed E-state index contributed by atoms with van der Waals surface area (Å²) in [6.45, 7) is 0. The maximum atomic E-state index is 5.99. The normalized spacial score (nSPS) is 10.7. The number of benzene rings is 2. The summed E-state index contributed by atoms with van der Waals surface area (Å²) in [5.74, 6) is 0.839. The highest BCUT2D eigenvalue weighted by Crippen LogP contribution is 2.30. The monoisotopic (exact) mass is 330 g/mol. The van der Waals surface area contributed by atoms with Crippen LogP contribution < -0.4 is 4.74 Å². The molecule has 0 unspecified atom stereocenters. The molecule has 1 heterocycles. The second-order valence-electron chi connectivity index (χ2n) is 4.67. The van der Waals surface area contributed by atoms with Crippen LogP contribution in [-0.4, -0.2) is 22.9 Å². The van der Waals surface area contributed by atoms with Crippen molar-refractivity contribution in [3.05, 3.63) is 59.8 Å². The fourth-order valence-electron chi connectivity index (χ4n) is 2.28. The van der Waals surface area contributed by atoms with Crippen LogP contribution in [0, 0.1) is 0 Å². The van der Waals surface area contributed by atoms with E-state index in [-0.39, 0.29) is 0 Å². The Morgan fingerprint density at radius 1 is 1.05 bits per heavy atom. The van der Waals surface area contributed by atoms with E-state index >= 15 is 0 Å². The van der Waals surface area contributed by atoms with E-state index in [1.165, 1.54) is 0 Å². The Morgan fingerprint density at radius 2 is 1.73 bits per heavy atom. The summed E-state index contributed by atoms with van der Waals surface area (Å²) in [5.41, 5.74) is 3.16. The van der Waals surface area contributed by atoms with E-state index in [2.05, 4.69) is 9.55 Å². The number of ether oxygens (including phenoxy) is 1. The van der Waals surface area contributed by atoms with Crippen molar-refractivity contribution in [2.24, 2.45) is 0 Å². The Balaban J connectivity index is 2.11. The minimum Gasteiger partial charge on any atom is -0.497 e. The molecule has 112 valence electrons. The molecule has 0 amide bonds. The van der Waals surface area contributed by atoms with E-state index in [0.717, 1.165) is 32.9 Å². The first-order valence-corrected chi connectivity index (χ1v) is 8.35. The lowest BCUT2D eigenvalue weighted by Gasteiger charge is -2.11. The number of hydrogen-bond acceptors (Lipinski definition) is 3. The highest BCUT2D eigenvalue weighted by atomic mass is 35.5. The number of nitrogens with zero attached hydrogens (tertiary/aromatic N) is 2. The average Bonchev–Trinajstić information content (AvgIpc) is 2.99. The van der Waals surface area contributed by atoms with Gasteiger partial charge in [0.25, 0.3) is 0 Å². The highest BCUT2D eigenvalue weighted by Gasteiger charge is 2.13. The Morgan fingerprint density at radius 3 is 2.32 bits per heavy atom. The van der Waals surface area contributed by atoms with E-state index in [9.17, 15) is 0 Å². The number of methoxy groups -OCH3 is 1. The lowest BCUT2D eigenvalue weighted by atomic mass is 10.1. The molecular weight excluding hydrogens is 316 g/mol. The first-order chi connectivity index (χ1) is 10.7. The van der Waals surface area contributed by atoms with E-state index in [1.54, 1.807) is 18.9 Å². The summed E-state index contributed by atoms with van der Waals surface area (Å²) in [5, 5.41) is 1.66. The van der Waals surface area contributed by atoms with Crippen molar-refractivity contribution < 1.29 is 4.74 Å². The summed E-state index contributed by atoms with van der Waals surface area (Å²) < 4.78 is 7.35. The van der Waals surface area contributed by atoms with Crippen LogP contribution in [-0.2, 0) is 0 Å². The maximum absolute atomic E-state index is 5.99. The van der Waals surface area contributed by atoms with Gasteiger partial charge in [0.1, 0.15) is 5.75 Å². The summed E-state index contributed by atoms with van der Waals surface area (Å²) in [4.78, 5) is 4.51. The predicted molar refractivity (Wildman–Crippen MR) is 92.3 cm³/mol. The van der Waals surface area contributed by atoms with Gasteiger partial charge >= 0.3 is 0 Å². The SMILES string of the molecule is COc1ccc(-c2cnc(SC)n2-c2ccc(Cl)cc2)cc1. The molecule has 0 aliphatic heterocycles. The minimum absolute atomic E-state index is 0.723. The van der Waals surface area contributed by atoms with Gasteiger partial charge in [0.2, 0.25) is 0 Å². The Labute approximate surface area is 138 Å². The van der Waals surface area contributed by atoms with E-state index in [1.807, 2.05) is 61.0 Å². The molecule has 22 heavy (non-hydrogen) atoms. The van der Waals surface area contributed by atoms with E-state index in [4.69, 9.17) is 16.3 Å². The van der Waals surface area contributed by atoms with Crippen LogP contribution >= 0.6 is 23.4 Å². The van der Waals surface area contributed by atoms with Gasteiger partial charge in [-0.2, -0.15) is 0 Å². The number of rotatable bonds is 4. The van der Waals surface area contributed by atoms with Crippen molar-refractivity contribution in [1.82, 2.24) is 9.55 Å². The lowest BCUT2D eigenvalue weighted by molar-refractivity contribution is 0.415. The van der Waals surface area contributed by atoms with Gasteiger partial charge in [-0.3, -0.25) is 4.57 Å². The third-order valence-corrected chi connectivity index (χ3v) is 4.29. The van der Waals surface area contributed by atoms with Crippen molar-refractivity contribution in [3.8, 4) is 22.7 Å². The molecule has 0 fully saturated rings. The summed E-state index contributed by atoms with van der Waals surface area (Å²) in [6.07, 6.45) is 3.91. The molecule has 0 spiro atoms. The molecule has 1 aromatic heterocycles. The Hall–Kier alpha value is -1.91. The van der Waals surface area contributed by atoms with Gasteiger partial charge in [-0.1, -0.05) is 23.4 Å². The van der Waals surface area contributed by atoms with Crippen molar-refractivity contribution in [3.63, 3.8) is 0 Å². The van der Waals surface area contributed by atoms with E-state index in [0.29, 0.717) is 0 Å². The third kappa shape index (κ3) is 2.85. The molecule has 0 saturated carbocycles. The molecule has 0 bridgehead atoms. The van der Waals surface area contributed by atoms with Crippen LogP contribution in [0.2, 0.25) is 5.02 Å². The van der Waals surface area contributed by atoms with Crippen molar-refractivity contribution in [1.29, 1.82) is 0 Å². The number of thioether (sulfide) groups is 1. The van der Waals surface area contributed by atoms with Crippen LogP contribution in [0.1, 0.15) is 0 Å². The Bertz CT molecular complexity index is 766. The van der Waals surface area contributed by atoms with Gasteiger partial charge in [0.05, 0.1) is 19.0 Å². The van der Waals surface area contributed by atoms with Gasteiger partial charge in [-0.15, -0.1) is 0 Å². The molecule has 3 rings (SSSR count). The number of hydrogen-bond donors (Lipinski definition) is 0. The second-order valence-corrected chi connectivity index (χ2v) is 5.88. The van der Waals surface area contributed by atoms with Crippen LogP contribution in [0.15, 0.2) is 59.9 Å². The molecule has 0 aliphatic carbocycles. The van der Waals surface area contributed by atoms with Crippen molar-refractivity contribution >= 4 is 23.4 Å². The van der Waals surface area contributed by atoms with Crippen LogP contribution in [0.25, 0.3) is 16.9 Å². The first-order valence-electron chi connectivity index (χ1n) is 6.75. The van der Waals surface area contributed by atoms with Gasteiger partial charge < -0.3 is 4.74 Å². The molecule has 0 atom stereocenters. The van der Waals surface area contributed by atoms with Crippen LogP contribution in [0.4, 0.5) is 0 Å². The van der Waals surface area contributed by atoms with Crippen molar-refractivity contribution in [2.45, 2.75) is 5.16 Å². The second kappa shape index (κ2) is 6.46. The Kier molecular flexibility index (Phi) is 4.41. The molecule has 0 aliphatic rings. The van der Waals surface area contributed by atoms with Crippen LogP contribution in [0.3, 0.4) is 0 Å². The van der Waals surface area contributed by atoms with E-state index < -0.39 is 0 Å². The zero-order chi connectivity index (χ0) is 15.5. The van der Waals surface area contributed by atoms with Crippen LogP contribution in [0.5, 0.6) is 5.75 Å². The topological polar surface area (TPSA) is 27.1 Å². The summed E-state index contributed by atoms with van der Waals surface area (Å²) in [6, 6.07) is 15.7. The third-order valence-electron chi connectivity index (χ3n) is 3.38. The summed E-state index contributed by atoms with van der Waals surface area (Å²) >= 11 is 7.60. The molecule has 0 radical (unpaired) electrons. The van der Waals surface area contributed by atoms with Gasteiger partial charge in [0.15, 0.2) is 5.16 Å². The zero-order valence-electron chi connectivity index (χ0n) is 12.3. The quantitative estimate of drug-likeness (QED) is 0.635. The standard InChI is InChI=1S/C17H15ClN2OS/c1-21-15-9-3-12(4-10-15)16-11-19-17(22-2)20(16)14-7-5-13(18)6-8-14/h3-11H,1-2H3. The van der Waals surface area contributed by atoms with Gasteiger partial charge in [-0.25, -0.2) is 4.98 Å². The lowest BCUT2D eigenvalue weighted by Crippen LogP contribution is -1.98. The molecule has 2 aromatic carbocycles. The molecule has 0 N–H and O–H groups in total. The largest absolute Gasteiger partial charge is 0.497 e. The molecule has 3 nitrogen and oxygen atoms in total. The fourth-order valence-corrected chi connectivity index (χ4v) is 2.95. The predicted octanol–water partition coefficient (Wildman–Crippen LogP) is 4.92. The molecular formula is C17H15ClN2OS. The smallest absolute Gasteiger partial charge is 0.172 e. The van der Waals surface area contributed by atoms with Crippen molar-refractivity contribution in [2.75, 3.05) is 13.4 Å². The molecule has 5 heteroatoms. The number of imidazole rings is 1. The zero-order valence-corrected chi connectivity index (χ0v) is 13.9. The number of halogens is 1.